The van der Waals surface area contributed by atoms with Gasteiger partial charge in [0, 0.05) is 38.0 Å². The molecule has 1 fully saturated rings. The van der Waals surface area contributed by atoms with Gasteiger partial charge in [-0.3, -0.25) is 14.7 Å². The van der Waals surface area contributed by atoms with Gasteiger partial charge in [0.15, 0.2) is 0 Å². The Morgan fingerprint density at radius 3 is 2.58 bits per heavy atom. The molecule has 1 aliphatic carbocycles. The van der Waals surface area contributed by atoms with Gasteiger partial charge in [0.05, 0.1) is 23.7 Å². The second-order valence-corrected chi connectivity index (χ2v) is 11.6. The monoisotopic (exact) mass is 550 g/mol. The van der Waals surface area contributed by atoms with Crippen LogP contribution in [0.15, 0.2) is 36.1 Å². The number of ether oxygens (including phenoxy) is 1. The zero-order valence-electron chi connectivity index (χ0n) is 24.2. The Bertz CT molecular complexity index is 1290. The Morgan fingerprint density at radius 2 is 1.85 bits per heavy atom. The quantitative estimate of drug-likeness (QED) is 0.436. The van der Waals surface area contributed by atoms with E-state index in [1.54, 1.807) is 11.1 Å². The predicted octanol–water partition coefficient (Wildman–Crippen LogP) is 4.15. The third-order valence-corrected chi connectivity index (χ3v) is 8.35. The van der Waals surface area contributed by atoms with Gasteiger partial charge in [-0.2, -0.15) is 5.10 Å². The number of nitrogens with zero attached hydrogens (tertiary/aromatic N) is 3. The van der Waals surface area contributed by atoms with Crippen molar-refractivity contribution in [3.05, 3.63) is 47.2 Å². The van der Waals surface area contributed by atoms with Crippen LogP contribution in [0.1, 0.15) is 51.2 Å². The number of piperazine rings is 1. The van der Waals surface area contributed by atoms with Crippen LogP contribution >= 0.6 is 0 Å². The lowest BCUT2D eigenvalue weighted by molar-refractivity contribution is -0.140. The van der Waals surface area contributed by atoms with E-state index in [1.807, 2.05) is 65.1 Å². The van der Waals surface area contributed by atoms with E-state index < -0.39 is 29.7 Å². The number of ketones is 2. The zero-order chi connectivity index (χ0) is 29.0. The minimum atomic E-state index is -0.931. The van der Waals surface area contributed by atoms with Gasteiger partial charge in [-0.15, -0.1) is 0 Å². The summed E-state index contributed by atoms with van der Waals surface area (Å²) >= 11 is 0. The first-order valence-corrected chi connectivity index (χ1v) is 14.2. The number of allylic oxidation sites excluding steroid dienone is 2. The molecule has 1 aromatic heterocycles. The molecule has 0 radical (unpaired) electrons. The van der Waals surface area contributed by atoms with E-state index in [2.05, 4.69) is 15.1 Å². The van der Waals surface area contributed by atoms with Crippen LogP contribution in [0.25, 0.3) is 17.0 Å². The molecular weight excluding hydrogens is 508 g/mol. The highest BCUT2D eigenvalue weighted by molar-refractivity contribution is 6.38. The highest BCUT2D eigenvalue weighted by atomic mass is 16.6. The highest BCUT2D eigenvalue weighted by Gasteiger charge is 2.33. The summed E-state index contributed by atoms with van der Waals surface area (Å²) in [7, 11) is 2.03. The molecule has 0 spiro atoms. The molecule has 40 heavy (non-hydrogen) atoms. The highest BCUT2D eigenvalue weighted by Crippen LogP contribution is 2.30. The van der Waals surface area contributed by atoms with Crippen LogP contribution in [0.5, 0.6) is 0 Å². The molecule has 0 saturated carbocycles. The van der Waals surface area contributed by atoms with Gasteiger partial charge in [0.25, 0.3) is 0 Å². The minimum absolute atomic E-state index is 0.0724. The number of aryl methyl sites for hydroxylation is 1. The number of aliphatic hydroxyl groups excluding tert-OH is 1. The lowest BCUT2D eigenvalue weighted by Crippen LogP contribution is -2.48. The minimum Gasteiger partial charge on any atom is -0.442 e. The van der Waals surface area contributed by atoms with Crippen LogP contribution in [0.4, 0.5) is 4.79 Å². The Kier molecular flexibility index (Phi) is 9.58. The van der Waals surface area contributed by atoms with Gasteiger partial charge in [-0.1, -0.05) is 43.7 Å². The van der Waals surface area contributed by atoms with Gasteiger partial charge >= 0.3 is 6.09 Å². The van der Waals surface area contributed by atoms with E-state index >= 15 is 0 Å². The molecule has 9 heteroatoms. The lowest BCUT2D eigenvalue weighted by atomic mass is 9.79. The number of benzene rings is 1. The van der Waals surface area contributed by atoms with E-state index in [9.17, 15) is 19.5 Å². The number of hydrogen-bond acceptors (Lipinski definition) is 7. The fourth-order valence-electron chi connectivity index (χ4n) is 5.65. The number of amides is 1. The summed E-state index contributed by atoms with van der Waals surface area (Å²) in [6, 6.07) is 3.98. The summed E-state index contributed by atoms with van der Waals surface area (Å²) in [5.74, 6) is -2.21. The van der Waals surface area contributed by atoms with Gasteiger partial charge in [0.2, 0.25) is 11.6 Å². The Hall–Kier alpha value is -3.30. The molecule has 1 aliphatic heterocycles. The van der Waals surface area contributed by atoms with E-state index in [4.69, 9.17) is 4.74 Å². The van der Waals surface area contributed by atoms with Crippen LogP contribution in [0.2, 0.25) is 0 Å². The van der Waals surface area contributed by atoms with Crippen molar-refractivity contribution in [1.82, 2.24) is 20.0 Å². The molecule has 0 unspecified atom stereocenters. The van der Waals surface area contributed by atoms with Crippen LogP contribution in [-0.4, -0.2) is 88.2 Å². The lowest BCUT2D eigenvalue weighted by Gasteiger charge is -2.33. The third-order valence-electron chi connectivity index (χ3n) is 8.35. The first-order chi connectivity index (χ1) is 19.0. The molecule has 2 aliphatic rings. The number of rotatable bonds is 3. The number of Topliss-reactive ketones (excluding diaryl/α,β-unsaturated/α-hetero) is 2. The number of aromatic nitrogens is 2. The van der Waals surface area contributed by atoms with Crippen LogP contribution in [0.3, 0.4) is 0 Å². The summed E-state index contributed by atoms with van der Waals surface area (Å²) in [5, 5.41) is 18.7. The van der Waals surface area contributed by atoms with Crippen LogP contribution in [0, 0.1) is 24.7 Å². The topological polar surface area (TPSA) is 116 Å². The van der Waals surface area contributed by atoms with Crippen LogP contribution < -0.4 is 0 Å². The number of carbonyl (C=O) groups is 3. The summed E-state index contributed by atoms with van der Waals surface area (Å²) < 4.78 is 5.98. The number of aliphatic hydroxyl groups is 1. The van der Waals surface area contributed by atoms with Crippen molar-refractivity contribution in [3.8, 4) is 0 Å². The molecule has 1 saturated heterocycles. The molecule has 2 heterocycles. The maximum Gasteiger partial charge on any atom is 0.410 e. The normalized spacial score (nSPS) is 28.7. The number of nitrogens with one attached hydrogen (secondary N) is 1. The summed E-state index contributed by atoms with van der Waals surface area (Å²) in [6.45, 7) is 10.6. The predicted molar refractivity (Wildman–Crippen MR) is 155 cm³/mol. The summed E-state index contributed by atoms with van der Waals surface area (Å²) in [6.07, 6.45) is 6.33. The molecule has 0 bridgehead atoms. The maximum absolute atomic E-state index is 13.5. The van der Waals surface area contributed by atoms with Crippen molar-refractivity contribution in [2.24, 2.45) is 17.8 Å². The average molecular weight is 551 g/mol. The molecule has 2 aromatic rings. The average Bonchev–Trinajstić information content (AvgIpc) is 3.42. The van der Waals surface area contributed by atoms with Gasteiger partial charge in [0.1, 0.15) is 6.10 Å². The van der Waals surface area contributed by atoms with Gasteiger partial charge < -0.3 is 19.6 Å². The van der Waals surface area contributed by atoms with E-state index in [0.717, 1.165) is 40.7 Å². The largest absolute Gasteiger partial charge is 0.442 e. The SMILES string of the molecule is C/C(=C\c1ccc(C)c2[nH]ncc12)[C@H]1C(=O)C(=O)C[C@H](O)CC[C@H](C)[C@@H](OC(=O)N2CCN(C)CC2)/C=C/[C@@H]1C. The fourth-order valence-corrected chi connectivity index (χ4v) is 5.65. The molecule has 1 amide bonds. The van der Waals surface area contributed by atoms with E-state index in [1.165, 1.54) is 0 Å². The van der Waals surface area contributed by atoms with Crippen molar-refractivity contribution >= 4 is 34.6 Å². The first kappa shape index (κ1) is 29.7. The van der Waals surface area contributed by atoms with Crippen molar-refractivity contribution in [2.45, 2.75) is 59.2 Å². The molecular formula is C31H42N4O5. The molecule has 216 valence electrons. The fraction of sp³-hybridized carbons (Fsp3) is 0.548. The molecule has 4 rings (SSSR count). The smallest absolute Gasteiger partial charge is 0.410 e. The second-order valence-electron chi connectivity index (χ2n) is 11.6. The van der Waals surface area contributed by atoms with Crippen LogP contribution in [-0.2, 0) is 14.3 Å². The van der Waals surface area contributed by atoms with Gasteiger partial charge in [-0.25, -0.2) is 4.79 Å². The number of hydrogen-bond donors (Lipinski definition) is 2. The summed E-state index contributed by atoms with van der Waals surface area (Å²) in [5.41, 5.74) is 3.64. The van der Waals surface area contributed by atoms with E-state index in [0.29, 0.717) is 25.9 Å². The zero-order valence-corrected chi connectivity index (χ0v) is 24.2. The number of likely N-dealkylation sites (N-methyl/N-ethyl adjacent to an activating group) is 1. The molecule has 9 nitrogen and oxygen atoms in total. The third kappa shape index (κ3) is 6.88. The number of fused-ring (bicyclic) bond motifs is 1. The van der Waals surface area contributed by atoms with Crippen molar-refractivity contribution in [1.29, 1.82) is 0 Å². The van der Waals surface area contributed by atoms with Crippen molar-refractivity contribution < 1.29 is 24.2 Å². The molecule has 2 N–H and O–H groups in total. The van der Waals surface area contributed by atoms with Crippen molar-refractivity contribution in [3.63, 3.8) is 0 Å². The maximum atomic E-state index is 13.5. The number of carbonyl (C=O) groups excluding carboxylic acids is 3. The molecule has 5 atom stereocenters. The van der Waals surface area contributed by atoms with Crippen molar-refractivity contribution in [2.75, 3.05) is 33.2 Å². The first-order valence-electron chi connectivity index (χ1n) is 14.2. The molecule has 1 aromatic carbocycles. The van der Waals surface area contributed by atoms with E-state index in [-0.39, 0.29) is 24.3 Å². The number of H-pyrrole nitrogens is 1. The van der Waals surface area contributed by atoms with Gasteiger partial charge in [-0.05, 0) is 62.8 Å². The Morgan fingerprint density at radius 1 is 1.12 bits per heavy atom. The number of aromatic amines is 1. The summed E-state index contributed by atoms with van der Waals surface area (Å²) in [4.78, 5) is 43.4. The second kappa shape index (κ2) is 12.9. The Labute approximate surface area is 236 Å². The Balaban J connectivity index is 1.63. The standard InChI is InChI=1S/C31H42N4O5/c1-19-7-10-24(36)17-26(37)30(38)28(22(4)16-23-9-6-21(3)29-25(23)18-32-33-29)20(2)8-11-27(19)40-31(39)35-14-12-34(5)13-15-35/h6,8-9,11,16,18-20,24,27-28,36H,7,10,12-15,17H2,1-5H3,(H,32,33)/b11-8+,22-16+/t19-,20-,24+,27-,28-/m0/s1.